The maximum Gasteiger partial charge on any atom is 0.320 e. The lowest BCUT2D eigenvalue weighted by atomic mass is 10.5. The second kappa shape index (κ2) is 4.89. The second-order valence-corrected chi connectivity index (χ2v) is 2.61. The third-order valence-electron chi connectivity index (χ3n) is 0.583. The summed E-state index contributed by atoms with van der Waals surface area (Å²) in [6.45, 7) is 1.97. The van der Waals surface area contributed by atoms with E-state index >= 15 is 0 Å². The molecule has 0 bridgehead atoms. The first-order valence-corrected chi connectivity index (χ1v) is 3.49. The van der Waals surface area contributed by atoms with Crippen LogP contribution in [0.4, 0.5) is 0 Å². The van der Waals surface area contributed by atoms with Crippen molar-refractivity contribution in [3.05, 3.63) is 0 Å². The van der Waals surface area contributed by atoms with Crippen molar-refractivity contribution in [2.24, 2.45) is 0 Å². The number of carbonyl (C=O) groups is 1. The van der Waals surface area contributed by atoms with Crippen LogP contribution in [0.2, 0.25) is 0 Å². The van der Waals surface area contributed by atoms with E-state index in [1.165, 1.54) is 0 Å². The summed E-state index contributed by atoms with van der Waals surface area (Å²) < 4.78 is 4.55. The standard InChI is InChI=1S/C5H8Cl2O2/c1-4(7)3-9-5(8)2-6/h4H,2-3H2,1H3. The van der Waals surface area contributed by atoms with E-state index in [1.54, 1.807) is 6.92 Å². The molecule has 0 aliphatic heterocycles. The predicted molar refractivity (Wildman–Crippen MR) is 37.0 cm³/mol. The summed E-state index contributed by atoms with van der Waals surface area (Å²) in [5, 5.41) is -0.142. The number of halogens is 2. The second-order valence-electron chi connectivity index (χ2n) is 1.60. The minimum atomic E-state index is -0.427. The van der Waals surface area contributed by atoms with Crippen molar-refractivity contribution in [3.63, 3.8) is 0 Å². The van der Waals surface area contributed by atoms with Crippen LogP contribution in [0.25, 0.3) is 0 Å². The van der Waals surface area contributed by atoms with Crippen LogP contribution >= 0.6 is 23.2 Å². The number of ether oxygens (including phenoxy) is 1. The summed E-state index contributed by atoms with van der Waals surface area (Å²) >= 11 is 10.6. The highest BCUT2D eigenvalue weighted by Gasteiger charge is 2.01. The maximum absolute atomic E-state index is 10.3. The van der Waals surface area contributed by atoms with Crippen LogP contribution in [-0.4, -0.2) is 23.8 Å². The van der Waals surface area contributed by atoms with E-state index in [9.17, 15) is 4.79 Å². The van der Waals surface area contributed by atoms with E-state index in [4.69, 9.17) is 23.2 Å². The van der Waals surface area contributed by atoms with Crippen molar-refractivity contribution in [2.45, 2.75) is 12.3 Å². The van der Waals surface area contributed by atoms with Gasteiger partial charge in [0.05, 0.1) is 5.38 Å². The van der Waals surface area contributed by atoms with E-state index in [0.29, 0.717) is 0 Å². The maximum atomic E-state index is 10.3. The molecule has 54 valence electrons. The summed E-state index contributed by atoms with van der Waals surface area (Å²) in [6.07, 6.45) is 0. The molecule has 0 aromatic carbocycles. The lowest BCUT2D eigenvalue weighted by Gasteiger charge is -2.02. The van der Waals surface area contributed by atoms with E-state index in [0.717, 1.165) is 0 Å². The number of alkyl halides is 2. The van der Waals surface area contributed by atoms with Crippen molar-refractivity contribution < 1.29 is 9.53 Å². The van der Waals surface area contributed by atoms with Gasteiger partial charge >= 0.3 is 5.97 Å². The highest BCUT2D eigenvalue weighted by Crippen LogP contribution is 1.94. The smallest absolute Gasteiger partial charge is 0.320 e. The van der Waals surface area contributed by atoms with Gasteiger partial charge in [-0.05, 0) is 6.92 Å². The number of esters is 1. The first-order chi connectivity index (χ1) is 4.16. The molecule has 2 nitrogen and oxygen atoms in total. The molecule has 0 spiro atoms. The average Bonchev–Trinajstić information content (AvgIpc) is 1.83. The van der Waals surface area contributed by atoms with Gasteiger partial charge in [0.1, 0.15) is 12.5 Å². The molecule has 0 aromatic heterocycles. The minimum absolute atomic E-state index is 0.108. The van der Waals surface area contributed by atoms with Gasteiger partial charge in [0, 0.05) is 0 Å². The molecule has 0 N–H and O–H groups in total. The van der Waals surface area contributed by atoms with Crippen molar-refractivity contribution in [1.82, 2.24) is 0 Å². The molecule has 0 fully saturated rings. The molecule has 0 aliphatic rings. The van der Waals surface area contributed by atoms with Gasteiger partial charge < -0.3 is 4.74 Å². The Balaban J connectivity index is 3.17. The average molecular weight is 171 g/mol. The normalized spacial score (nSPS) is 12.8. The number of rotatable bonds is 3. The Morgan fingerprint density at radius 3 is 2.67 bits per heavy atom. The molecule has 4 heteroatoms. The van der Waals surface area contributed by atoms with Crippen molar-refractivity contribution in [3.8, 4) is 0 Å². The van der Waals surface area contributed by atoms with E-state index < -0.39 is 5.97 Å². The molecule has 0 rings (SSSR count). The van der Waals surface area contributed by atoms with Crippen LogP contribution in [0.15, 0.2) is 0 Å². The summed E-state index contributed by atoms with van der Waals surface area (Å²) in [5.41, 5.74) is 0. The zero-order chi connectivity index (χ0) is 7.28. The highest BCUT2D eigenvalue weighted by atomic mass is 35.5. The highest BCUT2D eigenvalue weighted by molar-refractivity contribution is 6.26. The molecule has 0 saturated carbocycles. The molecule has 9 heavy (non-hydrogen) atoms. The summed E-state index contributed by atoms with van der Waals surface area (Å²) in [4.78, 5) is 10.3. The molecule has 0 saturated heterocycles. The van der Waals surface area contributed by atoms with Gasteiger partial charge in [-0.3, -0.25) is 4.79 Å². The molecule has 0 amide bonds. The van der Waals surface area contributed by atoms with Gasteiger partial charge in [0.2, 0.25) is 0 Å². The Labute approximate surface area is 64.1 Å². The van der Waals surface area contributed by atoms with Crippen LogP contribution in [0.5, 0.6) is 0 Å². The van der Waals surface area contributed by atoms with E-state index in [2.05, 4.69) is 4.74 Å². The SMILES string of the molecule is CC(Cl)COC(=O)CCl. The number of hydrogen-bond donors (Lipinski definition) is 0. The topological polar surface area (TPSA) is 26.3 Å². The van der Waals surface area contributed by atoms with Crippen LogP contribution in [0.3, 0.4) is 0 Å². The first kappa shape index (κ1) is 9.05. The van der Waals surface area contributed by atoms with Crippen LogP contribution in [0.1, 0.15) is 6.92 Å². The Hall–Kier alpha value is 0.0500. The molecule has 1 unspecified atom stereocenters. The third-order valence-corrected chi connectivity index (χ3v) is 0.927. The Kier molecular flexibility index (Phi) is 4.91. The molecular weight excluding hydrogens is 163 g/mol. The van der Waals surface area contributed by atoms with Crippen LogP contribution in [0, 0.1) is 0 Å². The molecule has 0 aliphatic carbocycles. The zero-order valence-corrected chi connectivity index (χ0v) is 6.58. The van der Waals surface area contributed by atoms with Gasteiger partial charge in [-0.1, -0.05) is 0 Å². The van der Waals surface area contributed by atoms with Crippen molar-refractivity contribution >= 4 is 29.2 Å². The molecule has 0 heterocycles. The van der Waals surface area contributed by atoms with Crippen LogP contribution < -0.4 is 0 Å². The molecular formula is C5H8Cl2O2. The summed E-state index contributed by atoms with van der Waals surface area (Å²) in [6, 6.07) is 0. The lowest BCUT2D eigenvalue weighted by molar-refractivity contribution is -0.140. The van der Waals surface area contributed by atoms with Crippen LogP contribution in [-0.2, 0) is 9.53 Å². The van der Waals surface area contributed by atoms with E-state index in [1.807, 2.05) is 0 Å². The van der Waals surface area contributed by atoms with Crippen molar-refractivity contribution in [1.29, 1.82) is 0 Å². The molecule has 1 atom stereocenters. The fourth-order valence-electron chi connectivity index (χ4n) is 0.246. The lowest BCUT2D eigenvalue weighted by Crippen LogP contribution is -2.12. The van der Waals surface area contributed by atoms with Gasteiger partial charge in [-0.25, -0.2) is 0 Å². The van der Waals surface area contributed by atoms with Gasteiger partial charge in [-0.2, -0.15) is 0 Å². The molecule has 0 radical (unpaired) electrons. The summed E-state index contributed by atoms with van der Waals surface area (Å²) in [7, 11) is 0. The third kappa shape index (κ3) is 5.93. The fraction of sp³-hybridized carbons (Fsp3) is 0.800. The van der Waals surface area contributed by atoms with Crippen molar-refractivity contribution in [2.75, 3.05) is 12.5 Å². The predicted octanol–water partition coefficient (Wildman–Crippen LogP) is 1.40. The first-order valence-electron chi connectivity index (χ1n) is 2.52. The Bertz CT molecular complexity index is 93.0. The quantitative estimate of drug-likeness (QED) is 0.473. The number of carbonyl (C=O) groups excluding carboxylic acids is 1. The summed E-state index contributed by atoms with van der Waals surface area (Å²) in [5.74, 6) is -0.534. The van der Waals surface area contributed by atoms with Gasteiger partial charge in [0.15, 0.2) is 0 Å². The van der Waals surface area contributed by atoms with Gasteiger partial charge in [-0.15, -0.1) is 23.2 Å². The zero-order valence-electron chi connectivity index (χ0n) is 5.06. The van der Waals surface area contributed by atoms with E-state index in [-0.39, 0.29) is 17.9 Å². The minimum Gasteiger partial charge on any atom is -0.463 e. The monoisotopic (exact) mass is 170 g/mol. The largest absolute Gasteiger partial charge is 0.463 e. The molecule has 0 aromatic rings. The Morgan fingerprint density at radius 1 is 1.78 bits per heavy atom. The Morgan fingerprint density at radius 2 is 2.33 bits per heavy atom. The van der Waals surface area contributed by atoms with Gasteiger partial charge in [0.25, 0.3) is 0 Å². The fourth-order valence-corrected chi connectivity index (χ4v) is 0.386. The number of hydrogen-bond acceptors (Lipinski definition) is 2.